The number of hydrogen-bond acceptors (Lipinski definition) is 1. The lowest BCUT2D eigenvalue weighted by Gasteiger charge is -2.19. The summed E-state index contributed by atoms with van der Waals surface area (Å²) >= 11 is 0. The van der Waals surface area contributed by atoms with Gasteiger partial charge in [-0.15, -0.1) is 0 Å². The second-order valence-corrected chi connectivity index (χ2v) is 3.67. The number of allylic oxidation sites excluding steroid dienone is 2. The van der Waals surface area contributed by atoms with Crippen LogP contribution in [0.1, 0.15) is 13.3 Å². The molecule has 0 spiro atoms. The molecule has 2 bridgehead atoms. The van der Waals surface area contributed by atoms with Crippen molar-refractivity contribution in [3.63, 3.8) is 0 Å². The summed E-state index contributed by atoms with van der Waals surface area (Å²) in [6.45, 7) is 2.05. The molecule has 0 aromatic heterocycles. The van der Waals surface area contributed by atoms with Gasteiger partial charge in [-0.25, -0.2) is 0 Å². The quantitative estimate of drug-likeness (QED) is 0.578. The van der Waals surface area contributed by atoms with Crippen molar-refractivity contribution >= 4 is 5.97 Å². The highest BCUT2D eigenvalue weighted by Crippen LogP contribution is 2.47. The average molecular weight is 152 g/mol. The third kappa shape index (κ3) is 0.817. The largest absolute Gasteiger partial charge is 0.481 e. The summed E-state index contributed by atoms with van der Waals surface area (Å²) in [5.41, 5.74) is 0. The third-order valence-electron chi connectivity index (χ3n) is 3.14. The fourth-order valence-corrected chi connectivity index (χ4v) is 2.48. The summed E-state index contributed by atoms with van der Waals surface area (Å²) in [5.74, 6) is 0.496. The first kappa shape index (κ1) is 6.89. The minimum absolute atomic E-state index is 0.106. The van der Waals surface area contributed by atoms with Gasteiger partial charge in [0.25, 0.3) is 0 Å². The maximum atomic E-state index is 10.8. The van der Waals surface area contributed by atoms with E-state index in [2.05, 4.69) is 12.2 Å². The number of hydrogen-bond donors (Lipinski definition) is 1. The third-order valence-corrected chi connectivity index (χ3v) is 3.14. The maximum Gasteiger partial charge on any atom is 0.307 e. The summed E-state index contributed by atoms with van der Waals surface area (Å²) < 4.78 is 0. The van der Waals surface area contributed by atoms with E-state index in [0.29, 0.717) is 17.8 Å². The molecule has 0 aromatic rings. The van der Waals surface area contributed by atoms with Crippen molar-refractivity contribution in [2.75, 3.05) is 0 Å². The molecule has 0 aromatic carbocycles. The van der Waals surface area contributed by atoms with Crippen molar-refractivity contribution in [3.8, 4) is 0 Å². The molecule has 2 nitrogen and oxygen atoms in total. The molecule has 2 heteroatoms. The first-order chi connectivity index (χ1) is 5.20. The van der Waals surface area contributed by atoms with Crippen molar-refractivity contribution < 1.29 is 9.90 Å². The molecule has 0 radical (unpaired) electrons. The highest BCUT2D eigenvalue weighted by atomic mass is 16.4. The highest BCUT2D eigenvalue weighted by Gasteiger charge is 2.45. The summed E-state index contributed by atoms with van der Waals surface area (Å²) in [7, 11) is 0. The minimum atomic E-state index is -0.616. The molecular formula is C9H12O2. The van der Waals surface area contributed by atoms with Crippen molar-refractivity contribution in [1.29, 1.82) is 0 Å². The second-order valence-electron chi connectivity index (χ2n) is 3.67. The molecule has 2 aliphatic carbocycles. The molecule has 60 valence electrons. The second kappa shape index (κ2) is 2.10. The van der Waals surface area contributed by atoms with Crippen LogP contribution >= 0.6 is 0 Å². The van der Waals surface area contributed by atoms with Gasteiger partial charge in [0.2, 0.25) is 0 Å². The van der Waals surface area contributed by atoms with Crippen LogP contribution in [-0.2, 0) is 4.79 Å². The zero-order chi connectivity index (χ0) is 8.01. The van der Waals surface area contributed by atoms with E-state index in [1.807, 2.05) is 6.92 Å². The number of aliphatic carboxylic acids is 1. The molecule has 4 unspecified atom stereocenters. The fourth-order valence-electron chi connectivity index (χ4n) is 2.48. The Bertz CT molecular complexity index is 220. The lowest BCUT2D eigenvalue weighted by molar-refractivity contribution is -0.144. The molecular weight excluding hydrogens is 140 g/mol. The van der Waals surface area contributed by atoms with Crippen molar-refractivity contribution in [1.82, 2.24) is 0 Å². The van der Waals surface area contributed by atoms with E-state index in [4.69, 9.17) is 5.11 Å². The fraction of sp³-hybridized carbons (Fsp3) is 0.667. The van der Waals surface area contributed by atoms with Crippen molar-refractivity contribution in [2.24, 2.45) is 23.7 Å². The molecule has 0 amide bonds. The molecule has 0 aliphatic heterocycles. The Labute approximate surface area is 65.9 Å². The van der Waals surface area contributed by atoms with E-state index in [1.165, 1.54) is 0 Å². The van der Waals surface area contributed by atoms with Crippen LogP contribution in [0.4, 0.5) is 0 Å². The van der Waals surface area contributed by atoms with Crippen LogP contribution in [0.3, 0.4) is 0 Å². The van der Waals surface area contributed by atoms with Gasteiger partial charge in [0.15, 0.2) is 0 Å². The van der Waals surface area contributed by atoms with Crippen LogP contribution in [0.5, 0.6) is 0 Å². The van der Waals surface area contributed by atoms with E-state index in [9.17, 15) is 4.79 Å². The number of carboxylic acid groups (broad SMARTS) is 1. The van der Waals surface area contributed by atoms with Crippen LogP contribution in [0.2, 0.25) is 0 Å². The topological polar surface area (TPSA) is 37.3 Å². The van der Waals surface area contributed by atoms with Gasteiger partial charge < -0.3 is 5.11 Å². The predicted molar refractivity (Wildman–Crippen MR) is 41.0 cm³/mol. The Morgan fingerprint density at radius 1 is 1.45 bits per heavy atom. The number of carbonyl (C=O) groups is 1. The molecule has 2 rings (SSSR count). The van der Waals surface area contributed by atoms with E-state index in [-0.39, 0.29) is 5.92 Å². The van der Waals surface area contributed by atoms with Gasteiger partial charge in [0.05, 0.1) is 5.92 Å². The average Bonchev–Trinajstić information content (AvgIpc) is 2.44. The summed E-state index contributed by atoms with van der Waals surface area (Å²) in [4.78, 5) is 10.8. The number of rotatable bonds is 1. The van der Waals surface area contributed by atoms with Crippen LogP contribution in [0.15, 0.2) is 12.2 Å². The lowest BCUT2D eigenvalue weighted by atomic mass is 9.85. The van der Waals surface area contributed by atoms with Crippen molar-refractivity contribution in [3.05, 3.63) is 12.2 Å². The SMILES string of the molecule is CC1C2C=CC(C2)C1C(=O)O. The van der Waals surface area contributed by atoms with E-state index >= 15 is 0 Å². The minimum Gasteiger partial charge on any atom is -0.481 e. The predicted octanol–water partition coefficient (Wildman–Crippen LogP) is 1.53. The Morgan fingerprint density at radius 3 is 2.45 bits per heavy atom. The summed E-state index contributed by atoms with van der Waals surface area (Å²) in [6.07, 6.45) is 5.32. The zero-order valence-corrected chi connectivity index (χ0v) is 6.53. The highest BCUT2D eigenvalue weighted by molar-refractivity contribution is 5.72. The van der Waals surface area contributed by atoms with Gasteiger partial charge in [-0.05, 0) is 24.2 Å². The molecule has 11 heavy (non-hydrogen) atoms. The number of fused-ring (bicyclic) bond motifs is 2. The van der Waals surface area contributed by atoms with Crippen LogP contribution < -0.4 is 0 Å². The van der Waals surface area contributed by atoms with Gasteiger partial charge in [0, 0.05) is 0 Å². The zero-order valence-electron chi connectivity index (χ0n) is 6.53. The van der Waals surface area contributed by atoms with E-state index < -0.39 is 5.97 Å². The lowest BCUT2D eigenvalue weighted by Crippen LogP contribution is -2.25. The number of carboxylic acids is 1. The van der Waals surface area contributed by atoms with Gasteiger partial charge >= 0.3 is 5.97 Å². The Balaban J connectivity index is 2.25. The van der Waals surface area contributed by atoms with Crippen LogP contribution in [0, 0.1) is 23.7 Å². The Hall–Kier alpha value is -0.790. The Morgan fingerprint density at radius 2 is 2.09 bits per heavy atom. The van der Waals surface area contributed by atoms with Gasteiger partial charge in [-0.2, -0.15) is 0 Å². The van der Waals surface area contributed by atoms with E-state index in [0.717, 1.165) is 6.42 Å². The van der Waals surface area contributed by atoms with Crippen LogP contribution in [-0.4, -0.2) is 11.1 Å². The van der Waals surface area contributed by atoms with Crippen LogP contribution in [0.25, 0.3) is 0 Å². The summed E-state index contributed by atoms with van der Waals surface area (Å²) in [6, 6.07) is 0. The Kier molecular flexibility index (Phi) is 1.31. The maximum absolute atomic E-state index is 10.8. The molecule has 1 saturated carbocycles. The van der Waals surface area contributed by atoms with Crippen molar-refractivity contribution in [2.45, 2.75) is 13.3 Å². The summed E-state index contributed by atoms with van der Waals surface area (Å²) in [5, 5.41) is 8.87. The monoisotopic (exact) mass is 152 g/mol. The molecule has 4 atom stereocenters. The van der Waals surface area contributed by atoms with E-state index in [1.54, 1.807) is 0 Å². The molecule has 0 heterocycles. The van der Waals surface area contributed by atoms with Gasteiger partial charge in [0.1, 0.15) is 0 Å². The smallest absolute Gasteiger partial charge is 0.307 e. The molecule has 1 N–H and O–H groups in total. The standard InChI is InChI=1S/C9H12O2/c1-5-6-2-3-7(4-6)8(5)9(10)11/h2-3,5-8H,4H2,1H3,(H,10,11). The first-order valence-electron chi connectivity index (χ1n) is 4.11. The van der Waals surface area contributed by atoms with Gasteiger partial charge in [-0.1, -0.05) is 19.1 Å². The van der Waals surface area contributed by atoms with Gasteiger partial charge in [-0.3, -0.25) is 4.79 Å². The molecule has 2 aliphatic rings. The molecule has 1 fully saturated rings. The first-order valence-corrected chi connectivity index (χ1v) is 4.11. The molecule has 0 saturated heterocycles. The normalized spacial score (nSPS) is 46.6.